The summed E-state index contributed by atoms with van der Waals surface area (Å²) in [4.78, 5) is 2.12. The molecular weight excluding hydrogens is 264 g/mol. The second kappa shape index (κ2) is 5.85. The average molecular weight is 282 g/mol. The van der Waals surface area contributed by atoms with Crippen molar-refractivity contribution in [3.05, 3.63) is 41.5 Å². The minimum atomic E-state index is 0.440. The number of aromatic nitrogens is 2. The maximum Gasteiger partial charge on any atom is 0.171 e. The van der Waals surface area contributed by atoms with E-state index in [0.717, 1.165) is 31.7 Å². The van der Waals surface area contributed by atoms with E-state index < -0.39 is 0 Å². The zero-order valence-corrected chi connectivity index (χ0v) is 11.8. The Morgan fingerprint density at radius 2 is 1.95 bits per heavy atom. The lowest BCUT2D eigenvalue weighted by molar-refractivity contribution is 0.578. The van der Waals surface area contributed by atoms with Crippen LogP contribution in [0.2, 0.25) is 0 Å². The largest absolute Gasteiger partial charge is 0.383 e. The fourth-order valence-electron chi connectivity index (χ4n) is 2.54. The summed E-state index contributed by atoms with van der Waals surface area (Å²) < 4.78 is 1.71. The van der Waals surface area contributed by atoms with Gasteiger partial charge in [0.25, 0.3) is 0 Å². The van der Waals surface area contributed by atoms with Crippen LogP contribution in [0.4, 0.5) is 11.6 Å². The third-order valence-electron chi connectivity index (χ3n) is 3.68. The van der Waals surface area contributed by atoms with Crippen molar-refractivity contribution in [3.63, 3.8) is 0 Å². The van der Waals surface area contributed by atoms with Crippen LogP contribution in [-0.2, 0) is 6.54 Å². The van der Waals surface area contributed by atoms with Gasteiger partial charge >= 0.3 is 0 Å². The van der Waals surface area contributed by atoms with Gasteiger partial charge in [-0.3, -0.25) is 0 Å². The van der Waals surface area contributed by atoms with E-state index in [1.54, 1.807) is 4.68 Å². The molecule has 0 unspecified atom stereocenters. The molecule has 1 saturated heterocycles. The SMILES string of the molecule is N#Cc1c(N2CCNCC2)nn(Cc2ccccc2)c1N. The van der Waals surface area contributed by atoms with E-state index >= 15 is 0 Å². The van der Waals surface area contributed by atoms with Crippen molar-refractivity contribution in [1.82, 2.24) is 15.1 Å². The number of nitriles is 1. The molecule has 2 aromatic rings. The number of nitrogens with one attached hydrogen (secondary N) is 1. The first-order valence-electron chi connectivity index (χ1n) is 7.05. The van der Waals surface area contributed by atoms with E-state index in [9.17, 15) is 5.26 Å². The van der Waals surface area contributed by atoms with Gasteiger partial charge in [-0.25, -0.2) is 4.68 Å². The fourth-order valence-corrected chi connectivity index (χ4v) is 2.54. The average Bonchev–Trinajstić information content (AvgIpc) is 2.85. The molecule has 108 valence electrons. The monoisotopic (exact) mass is 282 g/mol. The molecule has 1 aromatic heterocycles. The van der Waals surface area contributed by atoms with E-state index in [2.05, 4.69) is 21.4 Å². The van der Waals surface area contributed by atoms with Gasteiger partial charge in [0.15, 0.2) is 5.82 Å². The van der Waals surface area contributed by atoms with Gasteiger partial charge in [0.05, 0.1) is 6.54 Å². The quantitative estimate of drug-likeness (QED) is 0.870. The third-order valence-corrected chi connectivity index (χ3v) is 3.68. The minimum Gasteiger partial charge on any atom is -0.383 e. The van der Waals surface area contributed by atoms with Crippen LogP contribution in [0.5, 0.6) is 0 Å². The van der Waals surface area contributed by atoms with Gasteiger partial charge in [0.1, 0.15) is 17.5 Å². The van der Waals surface area contributed by atoms with Crippen molar-refractivity contribution in [2.24, 2.45) is 0 Å². The molecule has 0 atom stereocenters. The van der Waals surface area contributed by atoms with E-state index in [1.165, 1.54) is 0 Å². The van der Waals surface area contributed by atoms with Gasteiger partial charge in [-0.15, -0.1) is 0 Å². The molecule has 3 rings (SSSR count). The molecule has 1 aromatic carbocycles. The van der Waals surface area contributed by atoms with Crippen LogP contribution in [0.3, 0.4) is 0 Å². The van der Waals surface area contributed by atoms with Crippen LogP contribution < -0.4 is 16.0 Å². The molecule has 1 fully saturated rings. The first kappa shape index (κ1) is 13.5. The Bertz CT molecular complexity index is 649. The maximum atomic E-state index is 9.38. The molecule has 21 heavy (non-hydrogen) atoms. The van der Waals surface area contributed by atoms with E-state index in [0.29, 0.717) is 23.7 Å². The molecule has 6 nitrogen and oxygen atoms in total. The number of nitrogens with two attached hydrogens (primary N) is 1. The summed E-state index contributed by atoms with van der Waals surface area (Å²) in [5.74, 6) is 1.14. The van der Waals surface area contributed by atoms with Crippen LogP contribution >= 0.6 is 0 Å². The molecule has 0 saturated carbocycles. The van der Waals surface area contributed by atoms with Gasteiger partial charge in [0.2, 0.25) is 0 Å². The summed E-state index contributed by atoms with van der Waals surface area (Å²) in [6.07, 6.45) is 0. The Labute approximate surface area is 123 Å². The Morgan fingerprint density at radius 1 is 1.24 bits per heavy atom. The summed E-state index contributed by atoms with van der Waals surface area (Å²) in [6, 6.07) is 12.2. The predicted molar refractivity (Wildman–Crippen MR) is 82.0 cm³/mol. The number of piperazine rings is 1. The van der Waals surface area contributed by atoms with Gasteiger partial charge in [-0.05, 0) is 5.56 Å². The molecule has 1 aliphatic heterocycles. The van der Waals surface area contributed by atoms with Crippen LogP contribution in [-0.4, -0.2) is 36.0 Å². The lowest BCUT2D eigenvalue weighted by atomic mass is 10.2. The predicted octanol–water partition coefficient (Wildman–Crippen LogP) is 0.795. The maximum absolute atomic E-state index is 9.38. The van der Waals surface area contributed by atoms with Crippen molar-refractivity contribution in [2.75, 3.05) is 36.8 Å². The summed E-state index contributed by atoms with van der Waals surface area (Å²) >= 11 is 0. The number of hydrogen-bond acceptors (Lipinski definition) is 5. The highest BCUT2D eigenvalue weighted by molar-refractivity contribution is 5.65. The second-order valence-corrected chi connectivity index (χ2v) is 5.08. The summed E-state index contributed by atoms with van der Waals surface area (Å²) in [5.41, 5.74) is 7.70. The molecule has 2 heterocycles. The van der Waals surface area contributed by atoms with Crippen LogP contribution in [0.1, 0.15) is 11.1 Å². The van der Waals surface area contributed by atoms with Crippen LogP contribution in [0.15, 0.2) is 30.3 Å². The number of nitrogens with zero attached hydrogens (tertiary/aromatic N) is 4. The van der Waals surface area contributed by atoms with Crippen molar-refractivity contribution in [3.8, 4) is 6.07 Å². The third kappa shape index (κ3) is 2.69. The number of nitrogen functional groups attached to an aromatic ring is 1. The van der Waals surface area contributed by atoms with Gasteiger partial charge in [-0.2, -0.15) is 10.4 Å². The zero-order chi connectivity index (χ0) is 14.7. The molecule has 0 radical (unpaired) electrons. The van der Waals surface area contributed by atoms with Crippen molar-refractivity contribution in [2.45, 2.75) is 6.54 Å². The zero-order valence-electron chi connectivity index (χ0n) is 11.8. The summed E-state index contributed by atoms with van der Waals surface area (Å²) in [5, 5.41) is 17.2. The lowest BCUT2D eigenvalue weighted by Gasteiger charge is -2.27. The standard InChI is InChI=1S/C15H18N6/c16-10-13-14(17)21(11-12-4-2-1-3-5-12)19-15(13)20-8-6-18-7-9-20/h1-5,18H,6-9,11,17H2. The van der Waals surface area contributed by atoms with Crippen molar-refractivity contribution < 1.29 is 0 Å². The lowest BCUT2D eigenvalue weighted by Crippen LogP contribution is -2.44. The first-order valence-corrected chi connectivity index (χ1v) is 7.05. The second-order valence-electron chi connectivity index (χ2n) is 5.08. The van der Waals surface area contributed by atoms with Crippen molar-refractivity contribution in [1.29, 1.82) is 5.26 Å². The summed E-state index contributed by atoms with van der Waals surface area (Å²) in [7, 11) is 0. The molecule has 6 heteroatoms. The number of benzene rings is 1. The molecule has 0 bridgehead atoms. The molecule has 0 spiro atoms. The van der Waals surface area contributed by atoms with Crippen molar-refractivity contribution >= 4 is 11.6 Å². The number of hydrogen-bond donors (Lipinski definition) is 2. The first-order chi connectivity index (χ1) is 10.3. The molecular formula is C15H18N6. The molecule has 3 N–H and O–H groups in total. The molecule has 0 amide bonds. The molecule has 0 aliphatic carbocycles. The van der Waals surface area contributed by atoms with Gasteiger partial charge in [-0.1, -0.05) is 30.3 Å². The summed E-state index contributed by atoms with van der Waals surface area (Å²) in [6.45, 7) is 4.06. The fraction of sp³-hybridized carbons (Fsp3) is 0.333. The normalized spacial score (nSPS) is 14.9. The van der Waals surface area contributed by atoms with E-state index in [1.807, 2.05) is 30.3 Å². The molecule has 1 aliphatic rings. The minimum absolute atomic E-state index is 0.440. The highest BCUT2D eigenvalue weighted by atomic mass is 15.4. The van der Waals surface area contributed by atoms with Crippen LogP contribution in [0, 0.1) is 11.3 Å². The van der Waals surface area contributed by atoms with Crippen LogP contribution in [0.25, 0.3) is 0 Å². The number of anilines is 2. The van der Waals surface area contributed by atoms with Gasteiger partial charge < -0.3 is 16.0 Å². The Morgan fingerprint density at radius 3 is 2.62 bits per heavy atom. The number of rotatable bonds is 3. The Balaban J connectivity index is 1.91. The van der Waals surface area contributed by atoms with E-state index in [-0.39, 0.29) is 0 Å². The highest BCUT2D eigenvalue weighted by Gasteiger charge is 2.22. The Hall–Kier alpha value is -2.52. The highest BCUT2D eigenvalue weighted by Crippen LogP contribution is 2.25. The topological polar surface area (TPSA) is 82.9 Å². The smallest absolute Gasteiger partial charge is 0.171 e. The van der Waals surface area contributed by atoms with Gasteiger partial charge in [0, 0.05) is 26.2 Å². The van der Waals surface area contributed by atoms with E-state index in [4.69, 9.17) is 5.73 Å². The Kier molecular flexibility index (Phi) is 3.75.